The lowest BCUT2D eigenvalue weighted by molar-refractivity contribution is 0.0954. The fourth-order valence-corrected chi connectivity index (χ4v) is 2.59. The number of hydrogen-bond acceptors (Lipinski definition) is 6. The van der Waals surface area contributed by atoms with E-state index in [1.807, 2.05) is 25.1 Å². The first-order valence-corrected chi connectivity index (χ1v) is 8.58. The smallest absolute Gasteiger partial charge is 0.271 e. The predicted molar refractivity (Wildman–Crippen MR) is 101 cm³/mol. The molecule has 1 N–H and O–H groups in total. The first-order valence-electron chi connectivity index (χ1n) is 8.58. The maximum Gasteiger partial charge on any atom is 0.271 e. The average molecular weight is 370 g/mol. The fourth-order valence-electron chi connectivity index (χ4n) is 2.59. The van der Waals surface area contributed by atoms with Crippen LogP contribution in [0.2, 0.25) is 0 Å². The van der Waals surface area contributed by atoms with Gasteiger partial charge in [-0.1, -0.05) is 0 Å². The molecule has 3 rings (SSSR count). The minimum Gasteiger partial charge on any atom is -0.497 e. The standard InChI is InChI=1S/C20H22N2O5/c1-13(14-5-6-18-19(11-14)27-8-4-7-26-18)21-22-20(23)15-9-16(24-2)12-17(10-15)25-3/h5-6,9-12H,4,7-8H2,1-3H3,(H,22,23)/b21-13-. The van der Waals surface area contributed by atoms with E-state index in [0.29, 0.717) is 41.7 Å². The van der Waals surface area contributed by atoms with Crippen LogP contribution < -0.4 is 24.4 Å². The minimum atomic E-state index is -0.360. The van der Waals surface area contributed by atoms with Gasteiger partial charge in [0.15, 0.2) is 11.5 Å². The van der Waals surface area contributed by atoms with Crippen molar-refractivity contribution in [3.05, 3.63) is 47.5 Å². The lowest BCUT2D eigenvalue weighted by Crippen LogP contribution is -2.19. The summed E-state index contributed by atoms with van der Waals surface area (Å²) in [7, 11) is 3.06. The number of benzene rings is 2. The van der Waals surface area contributed by atoms with E-state index in [1.165, 1.54) is 14.2 Å². The van der Waals surface area contributed by atoms with E-state index < -0.39 is 0 Å². The molecule has 0 bridgehead atoms. The van der Waals surface area contributed by atoms with Crippen LogP contribution in [0.1, 0.15) is 29.3 Å². The molecule has 1 heterocycles. The molecule has 1 aliphatic heterocycles. The van der Waals surface area contributed by atoms with Crippen LogP contribution >= 0.6 is 0 Å². The Bertz CT molecular complexity index is 841. The summed E-state index contributed by atoms with van der Waals surface area (Å²) in [5, 5.41) is 4.19. The third kappa shape index (κ3) is 4.49. The van der Waals surface area contributed by atoms with Crippen molar-refractivity contribution >= 4 is 11.6 Å². The quantitative estimate of drug-likeness (QED) is 0.647. The van der Waals surface area contributed by atoms with Crippen LogP contribution in [0.4, 0.5) is 0 Å². The number of fused-ring (bicyclic) bond motifs is 1. The van der Waals surface area contributed by atoms with E-state index in [9.17, 15) is 4.79 Å². The second kappa shape index (κ2) is 8.44. The highest BCUT2D eigenvalue weighted by Gasteiger charge is 2.13. The maximum atomic E-state index is 12.4. The molecule has 1 aliphatic rings. The van der Waals surface area contributed by atoms with Gasteiger partial charge in [0, 0.05) is 23.6 Å². The summed E-state index contributed by atoms with van der Waals surface area (Å²) in [6.07, 6.45) is 0.844. The molecule has 0 fully saturated rings. The number of nitrogens with zero attached hydrogens (tertiary/aromatic N) is 1. The van der Waals surface area contributed by atoms with Gasteiger partial charge in [0.2, 0.25) is 0 Å². The Hall–Kier alpha value is -3.22. The Morgan fingerprint density at radius 2 is 1.63 bits per heavy atom. The van der Waals surface area contributed by atoms with Gasteiger partial charge >= 0.3 is 0 Å². The molecular formula is C20H22N2O5. The SMILES string of the molecule is COc1cc(OC)cc(C(=O)N/N=C(/C)c2ccc3c(c2)OCCCO3)c1. The van der Waals surface area contributed by atoms with Crippen LogP contribution in [-0.2, 0) is 0 Å². The summed E-state index contributed by atoms with van der Waals surface area (Å²) in [4.78, 5) is 12.4. The topological polar surface area (TPSA) is 78.4 Å². The second-order valence-electron chi connectivity index (χ2n) is 5.95. The van der Waals surface area contributed by atoms with Crippen molar-refractivity contribution in [1.29, 1.82) is 0 Å². The predicted octanol–water partition coefficient (Wildman–Crippen LogP) is 3.02. The first-order chi connectivity index (χ1) is 13.1. The van der Waals surface area contributed by atoms with Crippen LogP contribution in [0.25, 0.3) is 0 Å². The van der Waals surface area contributed by atoms with E-state index >= 15 is 0 Å². The number of ether oxygens (including phenoxy) is 4. The minimum absolute atomic E-state index is 0.360. The summed E-state index contributed by atoms with van der Waals surface area (Å²) < 4.78 is 21.7. The van der Waals surface area contributed by atoms with Gasteiger partial charge in [0.1, 0.15) is 11.5 Å². The highest BCUT2D eigenvalue weighted by Crippen LogP contribution is 2.30. The molecule has 0 atom stereocenters. The molecular weight excluding hydrogens is 348 g/mol. The number of methoxy groups -OCH3 is 2. The van der Waals surface area contributed by atoms with Crippen molar-refractivity contribution in [2.24, 2.45) is 5.10 Å². The molecule has 142 valence electrons. The van der Waals surface area contributed by atoms with Crippen molar-refractivity contribution < 1.29 is 23.7 Å². The van der Waals surface area contributed by atoms with Crippen LogP contribution in [0, 0.1) is 0 Å². The van der Waals surface area contributed by atoms with Gasteiger partial charge in [-0.05, 0) is 37.3 Å². The molecule has 7 heteroatoms. The molecule has 7 nitrogen and oxygen atoms in total. The number of nitrogens with one attached hydrogen (secondary N) is 1. The molecule has 0 spiro atoms. The van der Waals surface area contributed by atoms with Crippen molar-refractivity contribution in [1.82, 2.24) is 5.43 Å². The fraction of sp³-hybridized carbons (Fsp3) is 0.300. The van der Waals surface area contributed by atoms with Crippen LogP contribution in [0.5, 0.6) is 23.0 Å². The number of carbonyl (C=O) groups is 1. The molecule has 0 saturated heterocycles. The molecule has 0 radical (unpaired) electrons. The van der Waals surface area contributed by atoms with Gasteiger partial charge in [-0.2, -0.15) is 5.10 Å². The van der Waals surface area contributed by atoms with Gasteiger partial charge in [-0.25, -0.2) is 5.43 Å². The number of hydrogen-bond donors (Lipinski definition) is 1. The van der Waals surface area contributed by atoms with Crippen LogP contribution in [0.15, 0.2) is 41.5 Å². The van der Waals surface area contributed by atoms with Gasteiger partial charge < -0.3 is 18.9 Å². The van der Waals surface area contributed by atoms with Crippen molar-refractivity contribution in [2.45, 2.75) is 13.3 Å². The van der Waals surface area contributed by atoms with Crippen LogP contribution in [0.3, 0.4) is 0 Å². The molecule has 27 heavy (non-hydrogen) atoms. The van der Waals surface area contributed by atoms with Gasteiger partial charge in [0.25, 0.3) is 5.91 Å². The summed E-state index contributed by atoms with van der Waals surface area (Å²) in [5.74, 6) is 2.10. The zero-order valence-electron chi connectivity index (χ0n) is 15.6. The molecule has 1 amide bonds. The summed E-state index contributed by atoms with van der Waals surface area (Å²) in [6, 6.07) is 10.5. The van der Waals surface area contributed by atoms with E-state index in [-0.39, 0.29) is 5.91 Å². The monoisotopic (exact) mass is 370 g/mol. The zero-order chi connectivity index (χ0) is 19.2. The Kier molecular flexibility index (Phi) is 5.80. The van der Waals surface area contributed by atoms with Crippen molar-refractivity contribution in [2.75, 3.05) is 27.4 Å². The highest BCUT2D eigenvalue weighted by molar-refractivity contribution is 6.01. The molecule has 2 aromatic rings. The lowest BCUT2D eigenvalue weighted by atomic mass is 10.1. The third-order valence-corrected chi connectivity index (χ3v) is 4.10. The van der Waals surface area contributed by atoms with E-state index in [0.717, 1.165) is 17.7 Å². The van der Waals surface area contributed by atoms with Crippen LogP contribution in [-0.4, -0.2) is 39.1 Å². The summed E-state index contributed by atoms with van der Waals surface area (Å²) in [5.41, 5.74) is 4.43. The summed E-state index contributed by atoms with van der Waals surface area (Å²) >= 11 is 0. The number of rotatable bonds is 5. The Balaban J connectivity index is 1.75. The molecule has 0 aliphatic carbocycles. The van der Waals surface area contributed by atoms with E-state index in [4.69, 9.17) is 18.9 Å². The lowest BCUT2D eigenvalue weighted by Gasteiger charge is -2.10. The summed E-state index contributed by atoms with van der Waals surface area (Å²) in [6.45, 7) is 3.06. The van der Waals surface area contributed by atoms with Gasteiger partial charge in [0.05, 0.1) is 33.1 Å². The Morgan fingerprint density at radius 1 is 0.963 bits per heavy atom. The van der Waals surface area contributed by atoms with E-state index in [1.54, 1.807) is 18.2 Å². The highest BCUT2D eigenvalue weighted by atomic mass is 16.5. The Labute approximate surface area is 157 Å². The van der Waals surface area contributed by atoms with Gasteiger partial charge in [-0.15, -0.1) is 0 Å². The molecule has 2 aromatic carbocycles. The largest absolute Gasteiger partial charge is 0.497 e. The normalized spacial score (nSPS) is 13.5. The van der Waals surface area contributed by atoms with E-state index in [2.05, 4.69) is 10.5 Å². The molecule has 0 saturated carbocycles. The number of amides is 1. The molecule has 0 unspecified atom stereocenters. The Morgan fingerprint density at radius 3 is 2.30 bits per heavy atom. The van der Waals surface area contributed by atoms with Gasteiger partial charge in [-0.3, -0.25) is 4.79 Å². The second-order valence-corrected chi connectivity index (χ2v) is 5.95. The zero-order valence-corrected chi connectivity index (χ0v) is 15.6. The van der Waals surface area contributed by atoms with Crippen molar-refractivity contribution in [3.63, 3.8) is 0 Å². The number of carbonyl (C=O) groups excluding carboxylic acids is 1. The molecule has 0 aromatic heterocycles. The average Bonchev–Trinajstić information content (AvgIpc) is 2.95. The number of hydrazone groups is 1. The van der Waals surface area contributed by atoms with Crippen molar-refractivity contribution in [3.8, 4) is 23.0 Å². The maximum absolute atomic E-state index is 12.4. The first kappa shape index (κ1) is 18.6. The third-order valence-electron chi connectivity index (χ3n) is 4.10.